The van der Waals surface area contributed by atoms with Crippen LogP contribution in [0.5, 0.6) is 0 Å². The third kappa shape index (κ3) is 4.09. The highest BCUT2D eigenvalue weighted by molar-refractivity contribution is 5.77. The van der Waals surface area contributed by atoms with Crippen LogP contribution in [0.25, 0.3) is 0 Å². The van der Waals surface area contributed by atoms with Crippen LogP contribution in [-0.4, -0.2) is 27.3 Å². The molecule has 134 valence electrons. The Labute approximate surface area is 149 Å². The molecule has 25 heavy (non-hydrogen) atoms. The van der Waals surface area contributed by atoms with Gasteiger partial charge in [-0.15, -0.1) is 0 Å². The summed E-state index contributed by atoms with van der Waals surface area (Å²) in [5.41, 5.74) is 1.05. The predicted molar refractivity (Wildman–Crippen MR) is 96.0 cm³/mol. The molecule has 2 atom stereocenters. The molecule has 2 aromatic rings. The van der Waals surface area contributed by atoms with Gasteiger partial charge >= 0.3 is 0 Å². The van der Waals surface area contributed by atoms with Gasteiger partial charge in [0.05, 0.1) is 12.2 Å². The fourth-order valence-electron chi connectivity index (χ4n) is 3.34. The molecule has 0 N–H and O–H groups in total. The zero-order chi connectivity index (χ0) is 18.0. The van der Waals surface area contributed by atoms with E-state index < -0.39 is 0 Å². The lowest BCUT2D eigenvalue weighted by atomic mass is 9.94. The van der Waals surface area contributed by atoms with Crippen molar-refractivity contribution in [2.75, 3.05) is 6.54 Å². The monoisotopic (exact) mass is 341 g/mol. The van der Waals surface area contributed by atoms with Crippen molar-refractivity contribution in [2.45, 2.75) is 58.4 Å². The zero-order valence-corrected chi connectivity index (χ0v) is 15.5. The summed E-state index contributed by atoms with van der Waals surface area (Å²) < 4.78 is 5.80. The highest BCUT2D eigenvalue weighted by atomic mass is 16.4. The van der Waals surface area contributed by atoms with Crippen molar-refractivity contribution in [3.8, 4) is 0 Å². The Morgan fingerprint density at radius 3 is 2.80 bits per heavy atom. The van der Waals surface area contributed by atoms with Gasteiger partial charge in [-0.3, -0.25) is 9.78 Å². The van der Waals surface area contributed by atoms with Crippen LogP contribution in [0.2, 0.25) is 0 Å². The second kappa shape index (κ2) is 6.98. The van der Waals surface area contributed by atoms with Crippen LogP contribution in [0.15, 0.2) is 35.1 Å². The number of carbonyl (C=O) groups excluding carboxylic acids is 1. The number of nitrogens with zero attached hydrogens (tertiary/aromatic N) is 3. The van der Waals surface area contributed by atoms with Gasteiger partial charge in [-0.05, 0) is 24.0 Å². The topological polar surface area (TPSA) is 59.2 Å². The van der Waals surface area contributed by atoms with E-state index in [4.69, 9.17) is 4.42 Å². The van der Waals surface area contributed by atoms with Crippen LogP contribution in [-0.2, 0) is 16.6 Å². The lowest BCUT2D eigenvalue weighted by Crippen LogP contribution is -2.31. The van der Waals surface area contributed by atoms with Gasteiger partial charge in [-0.1, -0.05) is 33.8 Å². The first kappa shape index (κ1) is 17.6. The molecule has 0 spiro atoms. The van der Waals surface area contributed by atoms with E-state index in [1.165, 1.54) is 0 Å². The number of likely N-dealkylation sites (tertiary alicyclic amines) is 1. The third-order valence-electron chi connectivity index (χ3n) is 4.75. The largest absolute Gasteiger partial charge is 0.445 e. The third-order valence-corrected chi connectivity index (χ3v) is 4.75. The molecule has 0 radical (unpaired) electrons. The van der Waals surface area contributed by atoms with Crippen LogP contribution in [0.4, 0.5) is 0 Å². The molecule has 0 unspecified atom stereocenters. The molecule has 1 amide bonds. The van der Waals surface area contributed by atoms with E-state index >= 15 is 0 Å². The zero-order valence-electron chi connectivity index (χ0n) is 15.5. The van der Waals surface area contributed by atoms with Gasteiger partial charge in [0.1, 0.15) is 5.76 Å². The second-order valence-electron chi connectivity index (χ2n) is 8.06. The lowest BCUT2D eigenvalue weighted by molar-refractivity contribution is -0.132. The molecule has 0 saturated carbocycles. The summed E-state index contributed by atoms with van der Waals surface area (Å²) in [6, 6.07) is 4.12. The maximum atomic E-state index is 12.8. The number of oxazole rings is 1. The summed E-state index contributed by atoms with van der Waals surface area (Å²) in [5.74, 6) is 2.17. The first-order valence-electron chi connectivity index (χ1n) is 8.99. The number of aromatic nitrogens is 2. The minimum absolute atomic E-state index is 0.0644. The SMILES string of the molecule is C[C@H]1C[C@H](c2cccnc2)N(C(=O)CCc2ncc(C(C)(C)C)o2)C1. The van der Waals surface area contributed by atoms with Crippen molar-refractivity contribution in [3.63, 3.8) is 0 Å². The number of rotatable bonds is 4. The molecule has 0 aromatic carbocycles. The summed E-state index contributed by atoms with van der Waals surface area (Å²) in [5, 5.41) is 0. The van der Waals surface area contributed by atoms with Gasteiger partial charge in [0.15, 0.2) is 5.89 Å². The van der Waals surface area contributed by atoms with Crippen LogP contribution >= 0.6 is 0 Å². The van der Waals surface area contributed by atoms with Gasteiger partial charge < -0.3 is 9.32 Å². The molecular weight excluding hydrogens is 314 g/mol. The highest BCUT2D eigenvalue weighted by Crippen LogP contribution is 2.35. The molecule has 1 saturated heterocycles. The highest BCUT2D eigenvalue weighted by Gasteiger charge is 2.34. The maximum Gasteiger partial charge on any atom is 0.223 e. The quantitative estimate of drug-likeness (QED) is 0.846. The van der Waals surface area contributed by atoms with E-state index in [2.05, 4.69) is 43.7 Å². The normalized spacial score (nSPS) is 20.9. The number of carbonyl (C=O) groups is 1. The van der Waals surface area contributed by atoms with E-state index in [-0.39, 0.29) is 17.4 Å². The molecule has 1 aliphatic rings. The fraction of sp³-hybridized carbons (Fsp3) is 0.550. The van der Waals surface area contributed by atoms with Crippen molar-refractivity contribution in [2.24, 2.45) is 5.92 Å². The molecule has 2 aromatic heterocycles. The van der Waals surface area contributed by atoms with Crippen LogP contribution in [0.3, 0.4) is 0 Å². The summed E-state index contributed by atoms with van der Waals surface area (Å²) in [4.78, 5) is 23.3. The molecule has 1 fully saturated rings. The number of aryl methyl sites for hydroxylation is 1. The lowest BCUT2D eigenvalue weighted by Gasteiger charge is -2.24. The van der Waals surface area contributed by atoms with Crippen molar-refractivity contribution in [1.82, 2.24) is 14.9 Å². The van der Waals surface area contributed by atoms with Crippen LogP contribution < -0.4 is 0 Å². The predicted octanol–water partition coefficient (Wildman–Crippen LogP) is 3.91. The van der Waals surface area contributed by atoms with Crippen molar-refractivity contribution >= 4 is 5.91 Å². The number of hydrogen-bond donors (Lipinski definition) is 0. The Morgan fingerprint density at radius 2 is 2.16 bits per heavy atom. The van der Waals surface area contributed by atoms with E-state index in [0.717, 1.165) is 24.3 Å². The molecule has 1 aliphatic heterocycles. The summed E-state index contributed by atoms with van der Waals surface area (Å²) in [7, 11) is 0. The van der Waals surface area contributed by atoms with Crippen LogP contribution in [0.1, 0.15) is 63.8 Å². The summed E-state index contributed by atoms with van der Waals surface area (Å²) >= 11 is 0. The molecular formula is C20H27N3O2. The van der Waals surface area contributed by atoms with E-state index in [9.17, 15) is 4.79 Å². The minimum Gasteiger partial charge on any atom is -0.445 e. The molecule has 5 heteroatoms. The first-order valence-corrected chi connectivity index (χ1v) is 8.99. The number of pyridine rings is 1. The standard InChI is InChI=1S/C20H27N3O2/c1-14-10-16(15-6-5-9-21-11-15)23(13-14)19(24)8-7-18-22-12-17(25-18)20(2,3)4/h5-6,9,11-12,14,16H,7-8,10,13H2,1-4H3/t14-,16+/m0/s1. The van der Waals surface area contributed by atoms with E-state index in [1.807, 2.05) is 17.2 Å². The molecule has 0 bridgehead atoms. The average molecular weight is 341 g/mol. The van der Waals surface area contributed by atoms with Gasteiger partial charge in [0.2, 0.25) is 5.91 Å². The maximum absolute atomic E-state index is 12.8. The Hall–Kier alpha value is -2.17. The summed E-state index contributed by atoms with van der Waals surface area (Å²) in [6.07, 6.45) is 7.37. The Kier molecular flexibility index (Phi) is 4.93. The van der Waals surface area contributed by atoms with Gasteiger partial charge in [0, 0.05) is 37.2 Å². The number of hydrogen-bond acceptors (Lipinski definition) is 4. The first-order chi connectivity index (χ1) is 11.8. The van der Waals surface area contributed by atoms with Crippen LogP contribution in [0, 0.1) is 5.92 Å². The molecule has 3 heterocycles. The summed E-state index contributed by atoms with van der Waals surface area (Å²) in [6.45, 7) is 9.27. The van der Waals surface area contributed by atoms with Crippen molar-refractivity contribution in [1.29, 1.82) is 0 Å². The molecule has 3 rings (SSSR count). The molecule has 0 aliphatic carbocycles. The average Bonchev–Trinajstić information content (AvgIpc) is 3.20. The Morgan fingerprint density at radius 1 is 1.36 bits per heavy atom. The smallest absolute Gasteiger partial charge is 0.223 e. The van der Waals surface area contributed by atoms with Crippen molar-refractivity contribution < 1.29 is 9.21 Å². The number of amides is 1. The molecule has 5 nitrogen and oxygen atoms in total. The van der Waals surface area contributed by atoms with E-state index in [0.29, 0.717) is 24.7 Å². The van der Waals surface area contributed by atoms with E-state index in [1.54, 1.807) is 12.4 Å². The fourth-order valence-corrected chi connectivity index (χ4v) is 3.34. The minimum atomic E-state index is -0.0644. The Balaban J connectivity index is 1.65. The van der Waals surface area contributed by atoms with Gasteiger partial charge in [-0.2, -0.15) is 0 Å². The van der Waals surface area contributed by atoms with Gasteiger partial charge in [-0.25, -0.2) is 4.98 Å². The second-order valence-corrected chi connectivity index (χ2v) is 8.06. The van der Waals surface area contributed by atoms with Crippen molar-refractivity contribution in [3.05, 3.63) is 47.9 Å². The Bertz CT molecular complexity index is 718. The van der Waals surface area contributed by atoms with Gasteiger partial charge in [0.25, 0.3) is 0 Å².